The van der Waals surface area contributed by atoms with Gasteiger partial charge in [-0.3, -0.25) is 0 Å². The van der Waals surface area contributed by atoms with Gasteiger partial charge in [0.05, 0.1) is 0 Å². The molecule has 0 radical (unpaired) electrons. The highest BCUT2D eigenvalue weighted by molar-refractivity contribution is 5.07. The third-order valence-electron chi connectivity index (χ3n) is 4.47. The van der Waals surface area contributed by atoms with E-state index in [-0.39, 0.29) is 0 Å². The molecule has 0 N–H and O–H groups in total. The lowest BCUT2D eigenvalue weighted by atomic mass is 9.61. The molecule has 1 aliphatic carbocycles. The van der Waals surface area contributed by atoms with Crippen molar-refractivity contribution in [3.8, 4) is 0 Å². The lowest BCUT2D eigenvalue weighted by molar-refractivity contribution is 0.122. The molecule has 0 saturated heterocycles. The van der Waals surface area contributed by atoms with E-state index in [1.165, 1.54) is 32.1 Å². The monoisotopic (exact) mass is 194 g/mol. The van der Waals surface area contributed by atoms with Gasteiger partial charge in [0.1, 0.15) is 0 Å². The van der Waals surface area contributed by atoms with Crippen LogP contribution in [0, 0.1) is 17.3 Å². The van der Waals surface area contributed by atoms with Crippen LogP contribution >= 0.6 is 0 Å². The molecule has 82 valence electrons. The SMILES string of the molecule is CCC(C)C1(C(C)CC)C=CCCC1. The minimum absolute atomic E-state index is 0.516. The molecular formula is C14H26. The maximum atomic E-state index is 2.54. The molecule has 0 fully saturated rings. The van der Waals surface area contributed by atoms with Gasteiger partial charge in [-0.25, -0.2) is 0 Å². The third kappa shape index (κ3) is 2.04. The minimum Gasteiger partial charge on any atom is -0.0880 e. The van der Waals surface area contributed by atoms with E-state index in [2.05, 4.69) is 39.8 Å². The molecule has 0 aromatic rings. The topological polar surface area (TPSA) is 0 Å². The Bertz CT molecular complexity index is 180. The van der Waals surface area contributed by atoms with Crippen molar-refractivity contribution >= 4 is 0 Å². The maximum absolute atomic E-state index is 2.54. The number of rotatable bonds is 4. The lowest BCUT2D eigenvalue weighted by Crippen LogP contribution is -2.34. The molecule has 0 saturated carbocycles. The summed E-state index contributed by atoms with van der Waals surface area (Å²) >= 11 is 0. The Hall–Kier alpha value is -0.260. The van der Waals surface area contributed by atoms with Crippen LogP contribution in [0.25, 0.3) is 0 Å². The second-order valence-electron chi connectivity index (χ2n) is 5.03. The zero-order valence-corrected chi connectivity index (χ0v) is 10.3. The summed E-state index contributed by atoms with van der Waals surface area (Å²) in [6.45, 7) is 9.53. The molecule has 1 aliphatic rings. The third-order valence-corrected chi connectivity index (χ3v) is 4.47. The van der Waals surface area contributed by atoms with Crippen molar-refractivity contribution in [1.82, 2.24) is 0 Å². The van der Waals surface area contributed by atoms with Gasteiger partial charge < -0.3 is 0 Å². The Morgan fingerprint density at radius 2 is 1.71 bits per heavy atom. The van der Waals surface area contributed by atoms with Crippen LogP contribution in [0.1, 0.15) is 59.8 Å². The molecule has 0 heteroatoms. The van der Waals surface area contributed by atoms with Crippen molar-refractivity contribution in [3.05, 3.63) is 12.2 Å². The smallest absolute Gasteiger partial charge is 0.00671 e. The van der Waals surface area contributed by atoms with Crippen LogP contribution in [-0.4, -0.2) is 0 Å². The van der Waals surface area contributed by atoms with Crippen LogP contribution in [0.2, 0.25) is 0 Å². The zero-order valence-electron chi connectivity index (χ0n) is 10.3. The summed E-state index contributed by atoms with van der Waals surface area (Å²) in [6.07, 6.45) is 11.7. The summed E-state index contributed by atoms with van der Waals surface area (Å²) in [5, 5.41) is 0. The molecule has 14 heavy (non-hydrogen) atoms. The van der Waals surface area contributed by atoms with Crippen LogP contribution < -0.4 is 0 Å². The van der Waals surface area contributed by atoms with Gasteiger partial charge in [0, 0.05) is 0 Å². The first-order valence-electron chi connectivity index (χ1n) is 6.35. The first-order valence-corrected chi connectivity index (χ1v) is 6.35. The van der Waals surface area contributed by atoms with E-state index in [4.69, 9.17) is 0 Å². The summed E-state index contributed by atoms with van der Waals surface area (Å²) in [7, 11) is 0. The summed E-state index contributed by atoms with van der Waals surface area (Å²) in [6, 6.07) is 0. The summed E-state index contributed by atoms with van der Waals surface area (Å²) in [5.74, 6) is 1.68. The van der Waals surface area contributed by atoms with Gasteiger partial charge in [-0.15, -0.1) is 0 Å². The van der Waals surface area contributed by atoms with Gasteiger partial charge in [0.15, 0.2) is 0 Å². The molecule has 0 aliphatic heterocycles. The van der Waals surface area contributed by atoms with Crippen molar-refractivity contribution < 1.29 is 0 Å². The predicted molar refractivity (Wildman–Crippen MR) is 64.3 cm³/mol. The molecule has 0 bridgehead atoms. The van der Waals surface area contributed by atoms with Gasteiger partial charge in [-0.1, -0.05) is 52.7 Å². The fraction of sp³-hybridized carbons (Fsp3) is 0.857. The highest BCUT2D eigenvalue weighted by Crippen LogP contribution is 2.47. The number of hydrogen-bond acceptors (Lipinski definition) is 0. The van der Waals surface area contributed by atoms with E-state index in [0.29, 0.717) is 5.41 Å². The highest BCUT2D eigenvalue weighted by Gasteiger charge is 2.37. The van der Waals surface area contributed by atoms with Crippen molar-refractivity contribution in [2.75, 3.05) is 0 Å². The second kappa shape index (κ2) is 5.00. The van der Waals surface area contributed by atoms with Gasteiger partial charge in [0.25, 0.3) is 0 Å². The fourth-order valence-corrected chi connectivity index (χ4v) is 2.98. The largest absolute Gasteiger partial charge is 0.0880 e. The first kappa shape index (κ1) is 11.8. The van der Waals surface area contributed by atoms with Crippen molar-refractivity contribution in [3.63, 3.8) is 0 Å². The average molecular weight is 194 g/mol. The second-order valence-corrected chi connectivity index (χ2v) is 5.03. The first-order chi connectivity index (χ1) is 6.67. The van der Waals surface area contributed by atoms with Gasteiger partial charge >= 0.3 is 0 Å². The lowest BCUT2D eigenvalue weighted by Gasteiger charge is -2.43. The minimum atomic E-state index is 0.516. The molecule has 2 unspecified atom stereocenters. The Morgan fingerprint density at radius 1 is 1.14 bits per heavy atom. The van der Waals surface area contributed by atoms with Crippen molar-refractivity contribution in [1.29, 1.82) is 0 Å². The molecule has 1 rings (SSSR count). The fourth-order valence-electron chi connectivity index (χ4n) is 2.98. The van der Waals surface area contributed by atoms with Crippen LogP contribution in [0.4, 0.5) is 0 Å². The Morgan fingerprint density at radius 3 is 2.07 bits per heavy atom. The number of hydrogen-bond donors (Lipinski definition) is 0. The van der Waals surface area contributed by atoms with Gasteiger partial charge in [0.2, 0.25) is 0 Å². The zero-order chi connectivity index (χ0) is 10.6. The van der Waals surface area contributed by atoms with E-state index < -0.39 is 0 Å². The average Bonchev–Trinajstić information content (AvgIpc) is 2.27. The van der Waals surface area contributed by atoms with E-state index in [1.54, 1.807) is 0 Å². The molecule has 0 aromatic heterocycles. The van der Waals surface area contributed by atoms with E-state index in [1.807, 2.05) is 0 Å². The predicted octanol–water partition coefficient (Wildman–Crippen LogP) is 4.81. The summed E-state index contributed by atoms with van der Waals surface area (Å²) in [5.41, 5.74) is 0.516. The Balaban J connectivity index is 2.88. The van der Waals surface area contributed by atoms with Crippen LogP contribution in [0.5, 0.6) is 0 Å². The molecule has 0 amide bonds. The molecule has 0 aromatic carbocycles. The van der Waals surface area contributed by atoms with E-state index in [0.717, 1.165) is 11.8 Å². The molecule has 0 nitrogen and oxygen atoms in total. The van der Waals surface area contributed by atoms with Crippen LogP contribution in [0.3, 0.4) is 0 Å². The van der Waals surface area contributed by atoms with Crippen molar-refractivity contribution in [2.24, 2.45) is 17.3 Å². The highest BCUT2D eigenvalue weighted by atomic mass is 14.4. The molecular weight excluding hydrogens is 168 g/mol. The standard InChI is InChI=1S/C14H26/c1-5-12(3)14(13(4)6-2)10-8-7-9-11-14/h8,10,12-13H,5-7,9,11H2,1-4H3. The molecule has 2 atom stereocenters. The summed E-state index contributed by atoms with van der Waals surface area (Å²) < 4.78 is 0. The Labute approximate surface area is 89.8 Å². The van der Waals surface area contributed by atoms with Crippen LogP contribution in [-0.2, 0) is 0 Å². The van der Waals surface area contributed by atoms with Gasteiger partial charge in [-0.2, -0.15) is 0 Å². The van der Waals surface area contributed by atoms with Gasteiger partial charge in [-0.05, 0) is 36.5 Å². The maximum Gasteiger partial charge on any atom is -0.00671 e. The Kier molecular flexibility index (Phi) is 4.22. The van der Waals surface area contributed by atoms with Crippen molar-refractivity contribution in [2.45, 2.75) is 59.8 Å². The van der Waals surface area contributed by atoms with E-state index >= 15 is 0 Å². The number of allylic oxidation sites excluding steroid dienone is 2. The van der Waals surface area contributed by atoms with Crippen LogP contribution in [0.15, 0.2) is 12.2 Å². The quantitative estimate of drug-likeness (QED) is 0.564. The normalized spacial score (nSPS) is 31.4. The molecule has 0 heterocycles. The van der Waals surface area contributed by atoms with E-state index in [9.17, 15) is 0 Å². The molecule has 0 spiro atoms. The summed E-state index contributed by atoms with van der Waals surface area (Å²) in [4.78, 5) is 0.